The van der Waals surface area contributed by atoms with E-state index in [0.29, 0.717) is 0 Å². The van der Waals surface area contributed by atoms with Gasteiger partial charge in [-0.25, -0.2) is 0 Å². The van der Waals surface area contributed by atoms with E-state index in [1.165, 1.54) is 22.3 Å². The SMILES string of the molecule is O=C(c1ccc(Cc2ccccc2)cc1)c1ccc(Cc2ccccc2)cc1. The minimum absolute atomic E-state index is 0.0672. The van der Waals surface area contributed by atoms with Crippen LogP contribution in [0.4, 0.5) is 0 Å². The van der Waals surface area contributed by atoms with Gasteiger partial charge in [0.25, 0.3) is 0 Å². The average Bonchev–Trinajstić information content (AvgIpc) is 2.76. The molecule has 0 spiro atoms. The predicted octanol–water partition coefficient (Wildman–Crippen LogP) is 6.10. The lowest BCUT2D eigenvalue weighted by Crippen LogP contribution is -2.02. The Morgan fingerprint density at radius 1 is 0.429 bits per heavy atom. The first-order valence-electron chi connectivity index (χ1n) is 9.58. The molecule has 1 heteroatoms. The van der Waals surface area contributed by atoms with Crippen LogP contribution in [0, 0.1) is 0 Å². The van der Waals surface area contributed by atoms with Crippen molar-refractivity contribution in [2.24, 2.45) is 0 Å². The first-order valence-corrected chi connectivity index (χ1v) is 9.58. The lowest BCUT2D eigenvalue weighted by Gasteiger charge is -2.06. The lowest BCUT2D eigenvalue weighted by atomic mass is 9.98. The van der Waals surface area contributed by atoms with Gasteiger partial charge in [-0.2, -0.15) is 0 Å². The molecule has 0 bridgehead atoms. The topological polar surface area (TPSA) is 17.1 Å². The van der Waals surface area contributed by atoms with Gasteiger partial charge in [0.15, 0.2) is 5.78 Å². The van der Waals surface area contributed by atoms with Crippen molar-refractivity contribution in [3.63, 3.8) is 0 Å². The molecule has 4 aromatic rings. The summed E-state index contributed by atoms with van der Waals surface area (Å²) < 4.78 is 0. The smallest absolute Gasteiger partial charge is 0.193 e. The highest BCUT2D eigenvalue weighted by atomic mass is 16.1. The number of rotatable bonds is 6. The molecule has 0 amide bonds. The highest BCUT2D eigenvalue weighted by Gasteiger charge is 2.09. The predicted molar refractivity (Wildman–Crippen MR) is 115 cm³/mol. The van der Waals surface area contributed by atoms with Gasteiger partial charge in [0, 0.05) is 11.1 Å². The summed E-state index contributed by atoms with van der Waals surface area (Å²) in [6.07, 6.45) is 1.76. The van der Waals surface area contributed by atoms with Crippen LogP contribution in [0.25, 0.3) is 0 Å². The number of hydrogen-bond acceptors (Lipinski definition) is 1. The van der Waals surface area contributed by atoms with Gasteiger partial charge in [-0.3, -0.25) is 4.79 Å². The Labute approximate surface area is 166 Å². The Bertz CT molecular complexity index is 944. The molecule has 0 fully saturated rings. The normalized spacial score (nSPS) is 10.6. The van der Waals surface area contributed by atoms with E-state index in [9.17, 15) is 4.79 Å². The monoisotopic (exact) mass is 362 g/mol. The molecule has 0 radical (unpaired) electrons. The van der Waals surface area contributed by atoms with Crippen LogP contribution in [0.5, 0.6) is 0 Å². The van der Waals surface area contributed by atoms with Crippen LogP contribution in [0.1, 0.15) is 38.2 Å². The fraction of sp³-hybridized carbons (Fsp3) is 0.0741. The Hall–Kier alpha value is -3.45. The van der Waals surface area contributed by atoms with Crippen molar-refractivity contribution in [3.05, 3.63) is 143 Å². The van der Waals surface area contributed by atoms with Crippen LogP contribution in [0.15, 0.2) is 109 Å². The quantitative estimate of drug-likeness (QED) is 0.379. The maximum absolute atomic E-state index is 12.8. The van der Waals surface area contributed by atoms with Crippen molar-refractivity contribution < 1.29 is 4.79 Å². The van der Waals surface area contributed by atoms with Gasteiger partial charge in [-0.1, -0.05) is 109 Å². The summed E-state index contributed by atoms with van der Waals surface area (Å²) in [7, 11) is 0. The second-order valence-electron chi connectivity index (χ2n) is 7.05. The molecule has 4 rings (SSSR count). The summed E-state index contributed by atoms with van der Waals surface area (Å²) in [4.78, 5) is 12.8. The zero-order chi connectivity index (χ0) is 19.2. The summed E-state index contributed by atoms with van der Waals surface area (Å²) in [6.45, 7) is 0. The first kappa shape index (κ1) is 17.9. The van der Waals surface area contributed by atoms with E-state index in [1.807, 2.05) is 60.7 Å². The molecule has 0 unspecified atom stereocenters. The number of carbonyl (C=O) groups excluding carboxylic acids is 1. The van der Waals surface area contributed by atoms with E-state index in [0.717, 1.165) is 24.0 Å². The molecule has 4 aromatic carbocycles. The molecular formula is C27H22O. The standard InChI is InChI=1S/C27H22O/c28-27(25-15-11-23(12-16-25)19-21-7-3-1-4-8-21)26-17-13-24(14-18-26)20-22-9-5-2-6-10-22/h1-18H,19-20H2. The molecule has 0 aromatic heterocycles. The zero-order valence-electron chi connectivity index (χ0n) is 15.7. The zero-order valence-corrected chi connectivity index (χ0v) is 15.7. The van der Waals surface area contributed by atoms with Gasteiger partial charge in [0.2, 0.25) is 0 Å². The van der Waals surface area contributed by atoms with Gasteiger partial charge in [-0.15, -0.1) is 0 Å². The van der Waals surface area contributed by atoms with E-state index < -0.39 is 0 Å². The van der Waals surface area contributed by atoms with Gasteiger partial charge in [-0.05, 0) is 35.1 Å². The summed E-state index contributed by atoms with van der Waals surface area (Å²) >= 11 is 0. The molecule has 136 valence electrons. The van der Waals surface area contributed by atoms with Crippen LogP contribution in [0.3, 0.4) is 0 Å². The third-order valence-electron chi connectivity index (χ3n) is 4.93. The molecule has 0 atom stereocenters. The Morgan fingerprint density at radius 2 is 0.750 bits per heavy atom. The number of benzene rings is 4. The average molecular weight is 362 g/mol. The van der Waals surface area contributed by atoms with E-state index in [2.05, 4.69) is 48.5 Å². The van der Waals surface area contributed by atoms with E-state index in [4.69, 9.17) is 0 Å². The summed E-state index contributed by atoms with van der Waals surface area (Å²) in [5.41, 5.74) is 6.42. The first-order chi connectivity index (χ1) is 13.8. The van der Waals surface area contributed by atoms with Gasteiger partial charge < -0.3 is 0 Å². The van der Waals surface area contributed by atoms with Gasteiger partial charge in [0.05, 0.1) is 0 Å². The molecule has 0 aliphatic heterocycles. The van der Waals surface area contributed by atoms with Crippen molar-refractivity contribution in [3.8, 4) is 0 Å². The largest absolute Gasteiger partial charge is 0.289 e. The van der Waals surface area contributed by atoms with E-state index >= 15 is 0 Å². The van der Waals surface area contributed by atoms with Crippen LogP contribution >= 0.6 is 0 Å². The minimum atomic E-state index is 0.0672. The Balaban J connectivity index is 1.44. The van der Waals surface area contributed by atoms with Crippen molar-refractivity contribution >= 4 is 5.78 Å². The maximum Gasteiger partial charge on any atom is 0.193 e. The minimum Gasteiger partial charge on any atom is -0.289 e. The highest BCUT2D eigenvalue weighted by molar-refractivity contribution is 6.09. The number of hydrogen-bond donors (Lipinski definition) is 0. The molecule has 0 saturated carbocycles. The number of ketones is 1. The molecule has 1 nitrogen and oxygen atoms in total. The molecular weight excluding hydrogens is 340 g/mol. The van der Waals surface area contributed by atoms with Crippen LogP contribution in [-0.2, 0) is 12.8 Å². The number of carbonyl (C=O) groups is 1. The van der Waals surface area contributed by atoms with Crippen LogP contribution in [-0.4, -0.2) is 5.78 Å². The summed E-state index contributed by atoms with van der Waals surface area (Å²) in [5, 5.41) is 0. The van der Waals surface area contributed by atoms with E-state index in [-0.39, 0.29) is 5.78 Å². The molecule has 0 aliphatic carbocycles. The van der Waals surface area contributed by atoms with E-state index in [1.54, 1.807) is 0 Å². The summed E-state index contributed by atoms with van der Waals surface area (Å²) in [6, 6.07) is 36.6. The fourth-order valence-corrected chi connectivity index (χ4v) is 3.38. The lowest BCUT2D eigenvalue weighted by molar-refractivity contribution is 0.103. The van der Waals surface area contributed by atoms with Crippen molar-refractivity contribution in [2.75, 3.05) is 0 Å². The van der Waals surface area contributed by atoms with Crippen LogP contribution < -0.4 is 0 Å². The van der Waals surface area contributed by atoms with Crippen molar-refractivity contribution in [2.45, 2.75) is 12.8 Å². The van der Waals surface area contributed by atoms with Crippen LogP contribution in [0.2, 0.25) is 0 Å². The third-order valence-corrected chi connectivity index (χ3v) is 4.93. The molecule has 0 N–H and O–H groups in total. The second-order valence-corrected chi connectivity index (χ2v) is 7.05. The Morgan fingerprint density at radius 3 is 1.11 bits per heavy atom. The molecule has 0 saturated heterocycles. The molecule has 0 aliphatic rings. The Kier molecular flexibility index (Phi) is 5.44. The second kappa shape index (κ2) is 8.49. The van der Waals surface area contributed by atoms with Crippen molar-refractivity contribution in [1.29, 1.82) is 0 Å². The van der Waals surface area contributed by atoms with Crippen molar-refractivity contribution in [1.82, 2.24) is 0 Å². The van der Waals surface area contributed by atoms with Gasteiger partial charge in [0.1, 0.15) is 0 Å². The summed E-state index contributed by atoms with van der Waals surface area (Å²) in [5.74, 6) is 0.0672. The van der Waals surface area contributed by atoms with Gasteiger partial charge >= 0.3 is 0 Å². The highest BCUT2D eigenvalue weighted by Crippen LogP contribution is 2.16. The molecule has 0 heterocycles. The fourth-order valence-electron chi connectivity index (χ4n) is 3.38. The maximum atomic E-state index is 12.8. The third kappa shape index (κ3) is 4.44. The molecule has 28 heavy (non-hydrogen) atoms.